The van der Waals surface area contributed by atoms with Gasteiger partial charge in [-0.1, -0.05) is 23.5 Å². The summed E-state index contributed by atoms with van der Waals surface area (Å²) in [4.78, 5) is 1.01. The van der Waals surface area contributed by atoms with Crippen LogP contribution in [0.3, 0.4) is 0 Å². The SMILES string of the molecule is COc1ccccc1-c1nnc(C2CCN(S(=O)(=O)c3ccc(C)s3)CC2)s1. The van der Waals surface area contributed by atoms with E-state index >= 15 is 0 Å². The van der Waals surface area contributed by atoms with Crippen LogP contribution in [0.15, 0.2) is 40.6 Å². The molecule has 0 N–H and O–H groups in total. The van der Waals surface area contributed by atoms with Crippen LogP contribution in [-0.2, 0) is 10.0 Å². The molecule has 0 amide bonds. The first-order valence-electron chi connectivity index (χ1n) is 9.02. The minimum Gasteiger partial charge on any atom is -0.496 e. The van der Waals surface area contributed by atoms with Crippen LogP contribution in [0.2, 0.25) is 0 Å². The monoisotopic (exact) mass is 435 g/mol. The zero-order chi connectivity index (χ0) is 19.7. The van der Waals surface area contributed by atoms with Crippen molar-refractivity contribution >= 4 is 32.7 Å². The van der Waals surface area contributed by atoms with Gasteiger partial charge in [0.2, 0.25) is 0 Å². The molecule has 0 aliphatic carbocycles. The van der Waals surface area contributed by atoms with Gasteiger partial charge in [-0.2, -0.15) is 4.31 Å². The molecule has 1 aromatic carbocycles. The molecule has 9 heteroatoms. The fraction of sp³-hybridized carbons (Fsp3) is 0.368. The third kappa shape index (κ3) is 3.71. The average molecular weight is 436 g/mol. The number of hydrogen-bond donors (Lipinski definition) is 0. The van der Waals surface area contributed by atoms with E-state index in [9.17, 15) is 8.42 Å². The molecule has 6 nitrogen and oxygen atoms in total. The molecule has 28 heavy (non-hydrogen) atoms. The van der Waals surface area contributed by atoms with E-state index < -0.39 is 10.0 Å². The number of nitrogens with zero attached hydrogens (tertiary/aromatic N) is 3. The van der Waals surface area contributed by atoms with E-state index in [1.54, 1.807) is 28.8 Å². The molecule has 1 fully saturated rings. The Morgan fingerprint density at radius 1 is 1.07 bits per heavy atom. The van der Waals surface area contributed by atoms with Crippen molar-refractivity contribution in [2.45, 2.75) is 29.9 Å². The van der Waals surface area contributed by atoms with E-state index in [0.717, 1.165) is 39.0 Å². The molecule has 1 saturated heterocycles. The predicted molar refractivity (Wildman–Crippen MR) is 112 cm³/mol. The number of methoxy groups -OCH3 is 1. The minimum atomic E-state index is -3.39. The van der Waals surface area contributed by atoms with Crippen molar-refractivity contribution in [1.82, 2.24) is 14.5 Å². The summed E-state index contributed by atoms with van der Waals surface area (Å²) in [6.07, 6.45) is 1.51. The first-order valence-corrected chi connectivity index (χ1v) is 12.1. The van der Waals surface area contributed by atoms with Crippen molar-refractivity contribution in [3.05, 3.63) is 46.3 Å². The second kappa shape index (κ2) is 7.90. The average Bonchev–Trinajstić information content (AvgIpc) is 3.38. The highest BCUT2D eigenvalue weighted by Crippen LogP contribution is 2.37. The topological polar surface area (TPSA) is 72.4 Å². The number of piperidine rings is 1. The van der Waals surface area contributed by atoms with Crippen molar-refractivity contribution in [1.29, 1.82) is 0 Å². The largest absolute Gasteiger partial charge is 0.496 e. The van der Waals surface area contributed by atoms with Crippen molar-refractivity contribution in [2.75, 3.05) is 20.2 Å². The molecule has 2 aromatic heterocycles. The van der Waals surface area contributed by atoms with Crippen molar-refractivity contribution in [3.8, 4) is 16.3 Å². The van der Waals surface area contributed by atoms with Crippen LogP contribution in [0.5, 0.6) is 5.75 Å². The van der Waals surface area contributed by atoms with E-state index in [0.29, 0.717) is 17.3 Å². The number of aromatic nitrogens is 2. The highest BCUT2D eigenvalue weighted by atomic mass is 32.2. The highest BCUT2D eigenvalue weighted by Gasteiger charge is 2.32. The van der Waals surface area contributed by atoms with Gasteiger partial charge in [-0.15, -0.1) is 21.5 Å². The molecule has 0 bridgehead atoms. The number of aryl methyl sites for hydroxylation is 1. The Morgan fingerprint density at radius 2 is 1.82 bits per heavy atom. The number of ether oxygens (including phenoxy) is 1. The minimum absolute atomic E-state index is 0.234. The molecule has 3 aromatic rings. The van der Waals surface area contributed by atoms with Gasteiger partial charge in [-0.05, 0) is 44.0 Å². The molecule has 0 unspecified atom stereocenters. The van der Waals surface area contributed by atoms with Gasteiger partial charge in [0, 0.05) is 23.9 Å². The van der Waals surface area contributed by atoms with Crippen LogP contribution < -0.4 is 4.74 Å². The summed E-state index contributed by atoms with van der Waals surface area (Å²) in [6.45, 7) is 2.94. The molecular formula is C19H21N3O3S3. The highest BCUT2D eigenvalue weighted by molar-refractivity contribution is 7.91. The van der Waals surface area contributed by atoms with E-state index in [4.69, 9.17) is 4.74 Å². The summed E-state index contributed by atoms with van der Waals surface area (Å²) < 4.78 is 33.0. The Morgan fingerprint density at radius 3 is 2.50 bits per heavy atom. The van der Waals surface area contributed by atoms with Crippen LogP contribution in [0, 0.1) is 6.92 Å². The fourth-order valence-electron chi connectivity index (χ4n) is 3.35. The van der Waals surface area contributed by atoms with E-state index in [-0.39, 0.29) is 5.92 Å². The predicted octanol–water partition coefficient (Wildman–Crippen LogP) is 4.15. The van der Waals surface area contributed by atoms with Gasteiger partial charge in [-0.25, -0.2) is 8.42 Å². The Bertz CT molecular complexity index is 1070. The number of sulfonamides is 1. The second-order valence-corrected chi connectivity index (χ2v) is 11.2. The first kappa shape index (κ1) is 19.5. The third-order valence-corrected chi connectivity index (χ3v) is 9.38. The van der Waals surface area contributed by atoms with Crippen LogP contribution in [0.25, 0.3) is 10.6 Å². The number of para-hydroxylation sites is 1. The lowest BCUT2D eigenvalue weighted by Gasteiger charge is -2.29. The maximum Gasteiger partial charge on any atom is 0.252 e. The Labute approximate surface area is 172 Å². The van der Waals surface area contributed by atoms with Gasteiger partial charge >= 0.3 is 0 Å². The molecule has 3 heterocycles. The van der Waals surface area contributed by atoms with E-state index in [1.807, 2.05) is 37.3 Å². The molecule has 0 atom stereocenters. The fourth-order valence-corrected chi connectivity index (χ4v) is 7.30. The van der Waals surface area contributed by atoms with Crippen LogP contribution >= 0.6 is 22.7 Å². The smallest absolute Gasteiger partial charge is 0.252 e. The number of rotatable bonds is 5. The lowest BCUT2D eigenvalue weighted by molar-refractivity contribution is 0.319. The Kier molecular flexibility index (Phi) is 5.50. The third-order valence-electron chi connectivity index (χ3n) is 4.89. The summed E-state index contributed by atoms with van der Waals surface area (Å²) in [5.41, 5.74) is 0.932. The summed E-state index contributed by atoms with van der Waals surface area (Å²) in [5, 5.41) is 10.5. The Balaban J connectivity index is 1.47. The second-order valence-electron chi connectivity index (χ2n) is 6.69. The van der Waals surface area contributed by atoms with Crippen LogP contribution in [0.1, 0.15) is 28.6 Å². The lowest BCUT2D eigenvalue weighted by atomic mass is 9.99. The van der Waals surface area contributed by atoms with Gasteiger partial charge in [0.25, 0.3) is 10.0 Å². The standard InChI is InChI=1S/C19H21N3O3S3/c1-13-7-8-17(26-13)28(23,24)22-11-9-14(10-12-22)18-20-21-19(27-18)15-5-3-4-6-16(15)25-2/h3-8,14H,9-12H2,1-2H3. The van der Waals surface area contributed by atoms with Crippen molar-refractivity contribution in [2.24, 2.45) is 0 Å². The normalized spacial score (nSPS) is 16.4. The summed E-state index contributed by atoms with van der Waals surface area (Å²) >= 11 is 2.89. The van der Waals surface area contributed by atoms with Crippen molar-refractivity contribution in [3.63, 3.8) is 0 Å². The van der Waals surface area contributed by atoms with E-state index in [1.165, 1.54) is 11.3 Å². The maximum atomic E-state index is 12.8. The molecule has 4 rings (SSSR count). The summed E-state index contributed by atoms with van der Waals surface area (Å²) in [5.74, 6) is 1.01. The van der Waals surface area contributed by atoms with Gasteiger partial charge in [-0.3, -0.25) is 0 Å². The van der Waals surface area contributed by atoms with Crippen LogP contribution in [-0.4, -0.2) is 43.1 Å². The van der Waals surface area contributed by atoms with Gasteiger partial charge in [0.1, 0.15) is 15.0 Å². The zero-order valence-electron chi connectivity index (χ0n) is 15.7. The maximum absolute atomic E-state index is 12.8. The van der Waals surface area contributed by atoms with Gasteiger partial charge < -0.3 is 4.74 Å². The summed E-state index contributed by atoms with van der Waals surface area (Å²) in [6, 6.07) is 11.3. The zero-order valence-corrected chi connectivity index (χ0v) is 18.1. The molecule has 1 aliphatic rings. The molecule has 1 aliphatic heterocycles. The number of benzene rings is 1. The molecule has 0 spiro atoms. The van der Waals surface area contributed by atoms with Gasteiger partial charge in [0.05, 0.1) is 12.7 Å². The van der Waals surface area contributed by atoms with Gasteiger partial charge in [0.15, 0.2) is 5.01 Å². The van der Waals surface area contributed by atoms with Crippen LogP contribution in [0.4, 0.5) is 0 Å². The lowest BCUT2D eigenvalue weighted by Crippen LogP contribution is -2.37. The molecule has 0 saturated carbocycles. The van der Waals surface area contributed by atoms with E-state index in [2.05, 4.69) is 10.2 Å². The Hall–Kier alpha value is -1.81. The molecular weight excluding hydrogens is 414 g/mol. The molecule has 148 valence electrons. The number of hydrogen-bond acceptors (Lipinski definition) is 7. The number of thiophene rings is 1. The summed E-state index contributed by atoms with van der Waals surface area (Å²) in [7, 11) is -1.75. The van der Waals surface area contributed by atoms with Crippen molar-refractivity contribution < 1.29 is 13.2 Å². The quantitative estimate of drug-likeness (QED) is 0.602. The molecule has 0 radical (unpaired) electrons. The first-order chi connectivity index (χ1) is 13.5.